The number of rotatable bonds is 4. The topological polar surface area (TPSA) is 49.8 Å². The molecule has 3 rings (SSSR count). The van der Waals surface area contributed by atoms with E-state index in [9.17, 15) is 9.90 Å². The Labute approximate surface area is 119 Å². The Morgan fingerprint density at radius 2 is 2.25 bits per heavy atom. The van der Waals surface area contributed by atoms with Gasteiger partial charge in [-0.25, -0.2) is 0 Å². The minimum absolute atomic E-state index is 0.321. The van der Waals surface area contributed by atoms with Crippen molar-refractivity contribution >= 4 is 5.97 Å². The Morgan fingerprint density at radius 1 is 1.40 bits per heavy atom. The molecule has 1 saturated heterocycles. The molecule has 1 aromatic rings. The summed E-state index contributed by atoms with van der Waals surface area (Å²) in [6.07, 6.45) is 4.44. The maximum absolute atomic E-state index is 11.7. The Hall–Kier alpha value is -1.39. The van der Waals surface area contributed by atoms with Gasteiger partial charge in [0.05, 0.1) is 6.10 Å². The summed E-state index contributed by atoms with van der Waals surface area (Å²) in [5.74, 6) is -0.746. The average molecular weight is 275 g/mol. The van der Waals surface area contributed by atoms with Gasteiger partial charge in [0.2, 0.25) is 0 Å². The number of carboxylic acids is 1. The SMILES string of the molecule is O=C(O)C1c2ccccc2CCN1CCC1CCCO1. The second kappa shape index (κ2) is 5.94. The number of hydrogen-bond acceptors (Lipinski definition) is 3. The first-order valence-electron chi connectivity index (χ1n) is 7.42. The molecule has 0 aromatic heterocycles. The van der Waals surface area contributed by atoms with Gasteiger partial charge in [-0.05, 0) is 36.8 Å². The van der Waals surface area contributed by atoms with E-state index in [0.29, 0.717) is 6.10 Å². The summed E-state index contributed by atoms with van der Waals surface area (Å²) < 4.78 is 5.64. The number of carbonyl (C=O) groups is 1. The largest absolute Gasteiger partial charge is 0.480 e. The molecule has 1 fully saturated rings. The lowest BCUT2D eigenvalue weighted by Gasteiger charge is -2.35. The van der Waals surface area contributed by atoms with Crippen molar-refractivity contribution in [1.82, 2.24) is 4.90 Å². The van der Waals surface area contributed by atoms with E-state index in [1.54, 1.807) is 0 Å². The van der Waals surface area contributed by atoms with Crippen molar-refractivity contribution in [1.29, 1.82) is 0 Å². The molecule has 0 saturated carbocycles. The van der Waals surface area contributed by atoms with Crippen LogP contribution in [-0.2, 0) is 16.0 Å². The van der Waals surface area contributed by atoms with E-state index < -0.39 is 12.0 Å². The Bertz CT molecular complexity index is 482. The summed E-state index contributed by atoms with van der Waals surface area (Å²) in [7, 11) is 0. The Kier molecular flexibility index (Phi) is 4.03. The number of nitrogens with zero attached hydrogens (tertiary/aromatic N) is 1. The molecular formula is C16H21NO3. The van der Waals surface area contributed by atoms with E-state index in [1.807, 2.05) is 24.3 Å². The highest BCUT2D eigenvalue weighted by molar-refractivity contribution is 5.76. The summed E-state index contributed by atoms with van der Waals surface area (Å²) in [4.78, 5) is 13.7. The predicted molar refractivity (Wildman–Crippen MR) is 75.7 cm³/mol. The van der Waals surface area contributed by atoms with Crippen molar-refractivity contribution in [3.63, 3.8) is 0 Å². The molecular weight excluding hydrogens is 254 g/mol. The number of ether oxygens (including phenoxy) is 1. The van der Waals surface area contributed by atoms with Gasteiger partial charge < -0.3 is 9.84 Å². The lowest BCUT2D eigenvalue weighted by Crippen LogP contribution is -2.41. The zero-order valence-electron chi connectivity index (χ0n) is 11.6. The highest BCUT2D eigenvalue weighted by atomic mass is 16.5. The maximum Gasteiger partial charge on any atom is 0.325 e. The third-order valence-corrected chi connectivity index (χ3v) is 4.38. The fourth-order valence-corrected chi connectivity index (χ4v) is 3.33. The quantitative estimate of drug-likeness (QED) is 0.915. The minimum atomic E-state index is -0.746. The van der Waals surface area contributed by atoms with Gasteiger partial charge in [-0.3, -0.25) is 9.69 Å². The van der Waals surface area contributed by atoms with Crippen molar-refractivity contribution in [2.24, 2.45) is 0 Å². The summed E-state index contributed by atoms with van der Waals surface area (Å²) in [6.45, 7) is 2.48. The van der Waals surface area contributed by atoms with Crippen LogP contribution in [0.1, 0.15) is 36.4 Å². The molecule has 0 spiro atoms. The smallest absolute Gasteiger partial charge is 0.325 e. The minimum Gasteiger partial charge on any atom is -0.480 e. The molecule has 1 aromatic carbocycles. The molecule has 108 valence electrons. The van der Waals surface area contributed by atoms with Crippen LogP contribution in [0.25, 0.3) is 0 Å². The van der Waals surface area contributed by atoms with Crippen LogP contribution in [0.15, 0.2) is 24.3 Å². The van der Waals surface area contributed by atoms with Crippen LogP contribution in [0, 0.1) is 0 Å². The molecule has 2 aliphatic heterocycles. The van der Waals surface area contributed by atoms with E-state index in [-0.39, 0.29) is 0 Å². The summed E-state index contributed by atoms with van der Waals surface area (Å²) >= 11 is 0. The molecule has 0 aliphatic carbocycles. The fourth-order valence-electron chi connectivity index (χ4n) is 3.33. The molecule has 2 aliphatic rings. The second-order valence-corrected chi connectivity index (χ2v) is 5.65. The van der Waals surface area contributed by atoms with Gasteiger partial charge in [-0.1, -0.05) is 24.3 Å². The average Bonchev–Trinajstić information content (AvgIpc) is 2.97. The number of hydrogen-bond donors (Lipinski definition) is 1. The van der Waals surface area contributed by atoms with Gasteiger partial charge in [0.25, 0.3) is 0 Å². The van der Waals surface area contributed by atoms with Crippen LogP contribution in [0.4, 0.5) is 0 Å². The van der Waals surface area contributed by atoms with Crippen LogP contribution in [0.3, 0.4) is 0 Å². The summed E-state index contributed by atoms with van der Waals surface area (Å²) in [6, 6.07) is 7.41. The highest BCUT2D eigenvalue weighted by Crippen LogP contribution is 2.30. The molecule has 20 heavy (non-hydrogen) atoms. The summed E-state index contributed by atoms with van der Waals surface area (Å²) in [5, 5.41) is 9.57. The molecule has 0 bridgehead atoms. The first-order chi connectivity index (χ1) is 9.75. The number of aliphatic carboxylic acids is 1. The highest BCUT2D eigenvalue weighted by Gasteiger charge is 2.32. The van der Waals surface area contributed by atoms with Crippen molar-refractivity contribution in [3.8, 4) is 0 Å². The van der Waals surface area contributed by atoms with E-state index in [4.69, 9.17) is 4.74 Å². The van der Waals surface area contributed by atoms with Crippen LogP contribution in [0.5, 0.6) is 0 Å². The van der Waals surface area contributed by atoms with Gasteiger partial charge in [0.15, 0.2) is 0 Å². The van der Waals surface area contributed by atoms with Crippen LogP contribution in [-0.4, -0.2) is 41.8 Å². The predicted octanol–water partition coefficient (Wildman–Crippen LogP) is 2.24. The Morgan fingerprint density at radius 3 is 3.00 bits per heavy atom. The van der Waals surface area contributed by atoms with Crippen molar-refractivity contribution < 1.29 is 14.6 Å². The lowest BCUT2D eigenvalue weighted by atomic mass is 9.92. The molecule has 2 atom stereocenters. The van der Waals surface area contributed by atoms with E-state index in [2.05, 4.69) is 4.90 Å². The van der Waals surface area contributed by atoms with Gasteiger partial charge in [-0.2, -0.15) is 0 Å². The molecule has 4 heteroatoms. The van der Waals surface area contributed by atoms with Gasteiger partial charge in [0, 0.05) is 19.7 Å². The first-order valence-corrected chi connectivity index (χ1v) is 7.42. The van der Waals surface area contributed by atoms with Crippen LogP contribution in [0.2, 0.25) is 0 Å². The van der Waals surface area contributed by atoms with Gasteiger partial charge >= 0.3 is 5.97 Å². The second-order valence-electron chi connectivity index (χ2n) is 5.65. The third-order valence-electron chi connectivity index (χ3n) is 4.38. The number of carboxylic acid groups (broad SMARTS) is 1. The fraction of sp³-hybridized carbons (Fsp3) is 0.562. The molecule has 0 radical (unpaired) electrons. The molecule has 4 nitrogen and oxygen atoms in total. The number of fused-ring (bicyclic) bond motifs is 1. The van der Waals surface area contributed by atoms with E-state index in [1.165, 1.54) is 5.56 Å². The molecule has 1 N–H and O–H groups in total. The maximum atomic E-state index is 11.7. The van der Waals surface area contributed by atoms with Crippen molar-refractivity contribution in [2.45, 2.75) is 37.8 Å². The lowest BCUT2D eigenvalue weighted by molar-refractivity contribution is -0.144. The standard InChI is InChI=1S/C16H21NO3/c18-16(19)15-14-6-2-1-4-12(14)7-9-17(15)10-8-13-5-3-11-20-13/h1-2,4,6,13,15H,3,5,7-11H2,(H,18,19). The molecule has 2 unspecified atom stereocenters. The third kappa shape index (κ3) is 2.72. The van der Waals surface area contributed by atoms with Gasteiger partial charge in [-0.15, -0.1) is 0 Å². The summed E-state index contributed by atoms with van der Waals surface area (Å²) in [5.41, 5.74) is 2.13. The van der Waals surface area contributed by atoms with Crippen LogP contribution < -0.4 is 0 Å². The monoisotopic (exact) mass is 275 g/mol. The zero-order valence-corrected chi connectivity index (χ0v) is 11.6. The van der Waals surface area contributed by atoms with Crippen molar-refractivity contribution in [2.75, 3.05) is 19.7 Å². The number of benzene rings is 1. The molecule has 2 heterocycles. The van der Waals surface area contributed by atoms with Crippen molar-refractivity contribution in [3.05, 3.63) is 35.4 Å². The van der Waals surface area contributed by atoms with Crippen LogP contribution >= 0.6 is 0 Å². The van der Waals surface area contributed by atoms with E-state index in [0.717, 1.165) is 50.9 Å². The molecule has 0 amide bonds. The Balaban J connectivity index is 1.72. The van der Waals surface area contributed by atoms with E-state index >= 15 is 0 Å². The normalized spacial score (nSPS) is 26.4. The first kappa shape index (κ1) is 13.6. The zero-order chi connectivity index (χ0) is 13.9. The van der Waals surface area contributed by atoms with Gasteiger partial charge in [0.1, 0.15) is 6.04 Å².